The highest BCUT2D eigenvalue weighted by Gasteiger charge is 2.43. The van der Waals surface area contributed by atoms with Gasteiger partial charge in [0, 0.05) is 23.7 Å². The summed E-state index contributed by atoms with van der Waals surface area (Å²) in [6.45, 7) is 0.440. The highest BCUT2D eigenvalue weighted by Crippen LogP contribution is 2.51. The highest BCUT2D eigenvalue weighted by atomic mass is 19.4. The molecule has 0 bridgehead atoms. The average molecular weight is 444 g/mol. The Morgan fingerprint density at radius 1 is 1.09 bits per heavy atom. The Balaban J connectivity index is 1.44. The number of nitrogens with zero attached hydrogens (tertiary/aromatic N) is 2. The van der Waals surface area contributed by atoms with Gasteiger partial charge in [0.15, 0.2) is 0 Å². The first kappa shape index (κ1) is 20.6. The third-order valence-electron chi connectivity index (χ3n) is 6.13. The molecule has 2 aliphatic heterocycles. The van der Waals surface area contributed by atoms with Gasteiger partial charge in [-0.25, -0.2) is 0 Å². The number of fused-ring (bicyclic) bond motifs is 3. The minimum atomic E-state index is -4.41. The predicted octanol–water partition coefficient (Wildman–Crippen LogP) is 4.52. The number of nitrogen functional groups attached to an aromatic ring is 1. The number of aromatic amines is 1. The van der Waals surface area contributed by atoms with E-state index in [4.69, 9.17) is 10.5 Å². The Morgan fingerprint density at radius 3 is 2.62 bits per heavy atom. The summed E-state index contributed by atoms with van der Waals surface area (Å²) in [4.78, 5) is 2.79. The molecule has 0 saturated carbocycles. The number of aromatic nitrogens is 3. The molecule has 5 N–H and O–H groups in total. The number of nitrogens with two attached hydrogens (primary N) is 1. The summed E-state index contributed by atoms with van der Waals surface area (Å²) in [5.41, 5.74) is 7.18. The highest BCUT2D eigenvalue weighted by molar-refractivity contribution is 5.58. The van der Waals surface area contributed by atoms with E-state index in [0.717, 1.165) is 24.5 Å². The van der Waals surface area contributed by atoms with Crippen LogP contribution < -0.4 is 16.4 Å². The summed E-state index contributed by atoms with van der Waals surface area (Å²) >= 11 is 0. The molecule has 0 amide bonds. The van der Waals surface area contributed by atoms with Gasteiger partial charge in [-0.05, 0) is 36.6 Å². The topological polar surface area (TPSA) is 101 Å². The van der Waals surface area contributed by atoms with Crippen molar-refractivity contribution in [3.05, 3.63) is 65.2 Å². The van der Waals surface area contributed by atoms with E-state index in [1.54, 1.807) is 0 Å². The van der Waals surface area contributed by atoms with E-state index < -0.39 is 17.8 Å². The van der Waals surface area contributed by atoms with Crippen LogP contribution in [0.25, 0.3) is 0 Å². The second-order valence-corrected chi connectivity index (χ2v) is 8.19. The fourth-order valence-electron chi connectivity index (χ4n) is 4.64. The third kappa shape index (κ3) is 3.97. The van der Waals surface area contributed by atoms with E-state index in [9.17, 15) is 13.2 Å². The Morgan fingerprint density at radius 2 is 1.91 bits per heavy atom. The molecule has 0 aliphatic carbocycles. The van der Waals surface area contributed by atoms with Crippen molar-refractivity contribution in [2.75, 3.05) is 22.9 Å². The quantitative estimate of drug-likeness (QED) is 0.472. The van der Waals surface area contributed by atoms with Crippen molar-refractivity contribution in [3.8, 4) is 0 Å². The molecule has 5 rings (SSSR count). The van der Waals surface area contributed by atoms with Crippen molar-refractivity contribution in [2.45, 2.75) is 37.3 Å². The SMILES string of the molecule is Nc1nnc(NCC2CC[C@@H]3[C@H](O2)c2cc(C(F)(F)F)ccc2N[C@H]3c2ccccc2)[nH]1. The van der Waals surface area contributed by atoms with Crippen LogP contribution in [0, 0.1) is 5.92 Å². The predicted molar refractivity (Wildman–Crippen MR) is 114 cm³/mol. The van der Waals surface area contributed by atoms with Gasteiger partial charge in [-0.3, -0.25) is 4.98 Å². The van der Waals surface area contributed by atoms with Gasteiger partial charge in [0.1, 0.15) is 0 Å². The summed E-state index contributed by atoms with van der Waals surface area (Å²) in [7, 11) is 0. The number of halogens is 3. The Hall–Kier alpha value is -3.27. The molecular weight excluding hydrogens is 421 g/mol. The number of ether oxygens (including phenoxy) is 1. The molecule has 168 valence electrons. The van der Waals surface area contributed by atoms with E-state index >= 15 is 0 Å². The number of H-pyrrole nitrogens is 1. The van der Waals surface area contributed by atoms with E-state index in [2.05, 4.69) is 25.8 Å². The van der Waals surface area contributed by atoms with Gasteiger partial charge in [-0.15, -0.1) is 10.2 Å². The largest absolute Gasteiger partial charge is 0.416 e. The fraction of sp³-hybridized carbons (Fsp3) is 0.364. The Bertz CT molecular complexity index is 1090. The van der Waals surface area contributed by atoms with Gasteiger partial charge in [-0.1, -0.05) is 30.3 Å². The number of alkyl halides is 3. The standard InChI is InChI=1S/C22H23F3N6O/c23-22(24,25)13-6-9-17-16(10-13)19-15(18(28-17)12-4-2-1-3-5-12)8-7-14(32-19)11-27-21-29-20(26)30-31-21/h1-6,9-10,14-15,18-19,28H,7-8,11H2,(H4,26,27,29,30,31)/t14?,15-,18-,19-/m0/s1. The Labute approximate surface area is 182 Å². The maximum absolute atomic E-state index is 13.4. The smallest absolute Gasteiger partial charge is 0.378 e. The molecular formula is C22H23F3N6O. The second kappa shape index (κ2) is 8.01. The molecule has 1 aromatic heterocycles. The fourth-order valence-corrected chi connectivity index (χ4v) is 4.64. The lowest BCUT2D eigenvalue weighted by atomic mass is 9.76. The maximum atomic E-state index is 13.4. The molecule has 0 radical (unpaired) electrons. The van der Waals surface area contributed by atoms with Crippen LogP contribution in [0.1, 0.15) is 41.7 Å². The zero-order chi connectivity index (χ0) is 22.3. The van der Waals surface area contributed by atoms with Gasteiger partial charge in [0.25, 0.3) is 0 Å². The van der Waals surface area contributed by atoms with Crippen LogP contribution in [-0.4, -0.2) is 27.8 Å². The molecule has 2 aliphatic rings. The molecule has 4 atom stereocenters. The zero-order valence-electron chi connectivity index (χ0n) is 17.1. The monoisotopic (exact) mass is 444 g/mol. The summed E-state index contributed by atoms with van der Waals surface area (Å²) in [5, 5.41) is 14.2. The van der Waals surface area contributed by atoms with Crippen LogP contribution in [-0.2, 0) is 10.9 Å². The minimum Gasteiger partial charge on any atom is -0.378 e. The van der Waals surface area contributed by atoms with Crippen molar-refractivity contribution in [2.24, 2.45) is 5.92 Å². The van der Waals surface area contributed by atoms with Crippen molar-refractivity contribution in [3.63, 3.8) is 0 Å². The van der Waals surface area contributed by atoms with Crippen LogP contribution in [0.2, 0.25) is 0 Å². The molecule has 1 unspecified atom stereocenters. The first-order valence-electron chi connectivity index (χ1n) is 10.5. The first-order valence-corrected chi connectivity index (χ1v) is 10.5. The molecule has 0 spiro atoms. The summed E-state index contributed by atoms with van der Waals surface area (Å²) in [5.74, 6) is 0.640. The van der Waals surface area contributed by atoms with Crippen LogP contribution >= 0.6 is 0 Å². The number of hydrogen-bond donors (Lipinski definition) is 4. The lowest BCUT2D eigenvalue weighted by Crippen LogP contribution is -2.41. The molecule has 10 heteroatoms. The summed E-state index contributed by atoms with van der Waals surface area (Å²) < 4.78 is 46.6. The lowest BCUT2D eigenvalue weighted by Gasteiger charge is -2.46. The number of benzene rings is 2. The lowest BCUT2D eigenvalue weighted by molar-refractivity contribution is -0.138. The van der Waals surface area contributed by atoms with Gasteiger partial charge in [0.2, 0.25) is 11.9 Å². The first-order chi connectivity index (χ1) is 15.4. The number of hydrogen-bond acceptors (Lipinski definition) is 6. The maximum Gasteiger partial charge on any atom is 0.416 e. The van der Waals surface area contributed by atoms with Crippen molar-refractivity contribution >= 4 is 17.6 Å². The molecule has 3 heterocycles. The number of anilines is 3. The molecule has 7 nitrogen and oxygen atoms in total. The van der Waals surface area contributed by atoms with Crippen molar-refractivity contribution < 1.29 is 17.9 Å². The van der Waals surface area contributed by atoms with Gasteiger partial charge in [-0.2, -0.15) is 13.2 Å². The Kier molecular flexibility index (Phi) is 5.16. The number of nitrogens with one attached hydrogen (secondary N) is 3. The van der Waals surface area contributed by atoms with E-state index in [0.29, 0.717) is 23.7 Å². The molecule has 3 aromatic rings. The summed E-state index contributed by atoms with van der Waals surface area (Å²) in [6, 6.07) is 13.7. The molecule has 32 heavy (non-hydrogen) atoms. The average Bonchev–Trinajstić information content (AvgIpc) is 3.21. The minimum absolute atomic E-state index is 0.00515. The molecule has 2 aromatic carbocycles. The van der Waals surface area contributed by atoms with Crippen molar-refractivity contribution in [1.82, 2.24) is 15.2 Å². The van der Waals surface area contributed by atoms with E-state index in [1.807, 2.05) is 30.3 Å². The van der Waals surface area contributed by atoms with Gasteiger partial charge in [0.05, 0.1) is 23.8 Å². The summed E-state index contributed by atoms with van der Waals surface area (Å²) in [6.07, 6.45) is -3.50. The zero-order valence-corrected chi connectivity index (χ0v) is 17.1. The van der Waals surface area contributed by atoms with E-state index in [-0.39, 0.29) is 24.0 Å². The van der Waals surface area contributed by atoms with E-state index in [1.165, 1.54) is 12.1 Å². The molecule has 1 fully saturated rings. The third-order valence-corrected chi connectivity index (χ3v) is 6.13. The van der Waals surface area contributed by atoms with Crippen LogP contribution in [0.4, 0.5) is 30.8 Å². The van der Waals surface area contributed by atoms with Crippen LogP contribution in [0.5, 0.6) is 0 Å². The van der Waals surface area contributed by atoms with Gasteiger partial charge < -0.3 is 21.1 Å². The number of rotatable bonds is 4. The van der Waals surface area contributed by atoms with Crippen LogP contribution in [0.3, 0.4) is 0 Å². The van der Waals surface area contributed by atoms with Crippen LogP contribution in [0.15, 0.2) is 48.5 Å². The van der Waals surface area contributed by atoms with Gasteiger partial charge >= 0.3 is 6.18 Å². The van der Waals surface area contributed by atoms with Crippen molar-refractivity contribution in [1.29, 1.82) is 0 Å². The normalized spacial score (nSPS) is 24.8. The molecule has 1 saturated heterocycles. The second-order valence-electron chi connectivity index (χ2n) is 8.19.